The lowest BCUT2D eigenvalue weighted by atomic mass is 9.98. The van der Waals surface area contributed by atoms with Gasteiger partial charge in [0.1, 0.15) is 18.8 Å². The number of carbonyl (C=O) groups excluding carboxylic acids is 3. The van der Waals surface area contributed by atoms with Crippen molar-refractivity contribution in [3.8, 4) is 0 Å². The Hall–Kier alpha value is -1.71. The van der Waals surface area contributed by atoms with Gasteiger partial charge in [0.05, 0.1) is 0 Å². The van der Waals surface area contributed by atoms with Gasteiger partial charge in [-0.2, -0.15) is 0 Å². The van der Waals surface area contributed by atoms with Crippen LogP contribution >= 0.6 is 0 Å². The van der Waals surface area contributed by atoms with Gasteiger partial charge in [-0.1, -0.05) is 0 Å². The maximum Gasteiger partial charge on any atom is 0.303 e. The van der Waals surface area contributed by atoms with Gasteiger partial charge in [0, 0.05) is 27.9 Å². The lowest BCUT2D eigenvalue weighted by Crippen LogP contribution is -2.61. The van der Waals surface area contributed by atoms with Crippen LogP contribution in [-0.2, 0) is 38.1 Å². The van der Waals surface area contributed by atoms with Gasteiger partial charge in [0.15, 0.2) is 18.5 Å². The lowest BCUT2D eigenvalue weighted by Gasteiger charge is -2.42. The summed E-state index contributed by atoms with van der Waals surface area (Å²) in [7, 11) is 1.30. The monoisotopic (exact) mass is 320 g/mol. The molecule has 0 aliphatic carbocycles. The van der Waals surface area contributed by atoms with Crippen molar-refractivity contribution in [2.24, 2.45) is 0 Å². The van der Waals surface area contributed by atoms with Gasteiger partial charge in [-0.25, -0.2) is 0 Å². The Morgan fingerprint density at radius 1 is 0.955 bits per heavy atom. The maximum atomic E-state index is 11.3. The third-order valence-electron chi connectivity index (χ3n) is 2.94. The number of hydrogen-bond acceptors (Lipinski definition) is 9. The molecule has 1 saturated heterocycles. The molecule has 0 amide bonds. The van der Waals surface area contributed by atoms with Crippen LogP contribution in [0.2, 0.25) is 0 Å². The second kappa shape index (κ2) is 8.06. The average molecular weight is 320 g/mol. The normalized spacial score (nSPS) is 31.2. The highest BCUT2D eigenvalue weighted by Crippen LogP contribution is 2.27. The van der Waals surface area contributed by atoms with Crippen LogP contribution in [0.4, 0.5) is 0 Å². The molecular formula is C13H20O9. The number of ether oxygens (including phenoxy) is 5. The van der Waals surface area contributed by atoms with Crippen molar-refractivity contribution in [3.63, 3.8) is 0 Å². The molecule has 1 fully saturated rings. The van der Waals surface area contributed by atoms with Gasteiger partial charge in [-0.05, 0) is 0 Å². The van der Waals surface area contributed by atoms with E-state index in [1.54, 1.807) is 0 Å². The smallest absolute Gasteiger partial charge is 0.303 e. The Labute approximate surface area is 127 Å². The number of esters is 3. The van der Waals surface area contributed by atoms with E-state index in [0.717, 1.165) is 6.92 Å². The van der Waals surface area contributed by atoms with Crippen LogP contribution < -0.4 is 0 Å². The van der Waals surface area contributed by atoms with E-state index in [0.29, 0.717) is 0 Å². The average Bonchev–Trinajstić information content (AvgIpc) is 2.39. The van der Waals surface area contributed by atoms with Crippen LogP contribution in [0.5, 0.6) is 0 Å². The van der Waals surface area contributed by atoms with Crippen molar-refractivity contribution in [2.45, 2.75) is 51.5 Å². The third kappa shape index (κ3) is 4.93. The number of aliphatic hydroxyl groups excluding tert-OH is 1. The minimum Gasteiger partial charge on any atom is -0.463 e. The first-order chi connectivity index (χ1) is 10.3. The minimum atomic E-state index is -1.51. The minimum absolute atomic E-state index is 0.253. The zero-order chi connectivity index (χ0) is 16.9. The Morgan fingerprint density at radius 3 is 1.95 bits per heavy atom. The Bertz CT molecular complexity index is 422. The van der Waals surface area contributed by atoms with E-state index in [1.807, 2.05) is 0 Å². The first-order valence-electron chi connectivity index (χ1n) is 6.60. The fourth-order valence-electron chi connectivity index (χ4n) is 2.15. The summed E-state index contributed by atoms with van der Waals surface area (Å²) in [6.07, 6.45) is -5.65. The molecule has 1 aliphatic heterocycles. The molecule has 0 radical (unpaired) electrons. The highest BCUT2D eigenvalue weighted by atomic mass is 16.7. The summed E-state index contributed by atoms with van der Waals surface area (Å²) in [4.78, 5) is 33.3. The van der Waals surface area contributed by atoms with Crippen molar-refractivity contribution in [1.29, 1.82) is 0 Å². The Morgan fingerprint density at radius 2 is 1.50 bits per heavy atom. The summed E-state index contributed by atoms with van der Waals surface area (Å²) < 4.78 is 25.3. The second-order valence-electron chi connectivity index (χ2n) is 4.72. The summed E-state index contributed by atoms with van der Waals surface area (Å²) in [5, 5.41) is 9.95. The van der Waals surface area contributed by atoms with Crippen LogP contribution in [0.25, 0.3) is 0 Å². The Kier molecular flexibility index (Phi) is 6.72. The molecule has 0 aromatic rings. The fourth-order valence-corrected chi connectivity index (χ4v) is 2.15. The molecule has 5 atom stereocenters. The van der Waals surface area contributed by atoms with Crippen molar-refractivity contribution in [1.82, 2.24) is 0 Å². The van der Waals surface area contributed by atoms with Crippen LogP contribution in [0.3, 0.4) is 0 Å². The molecule has 1 aliphatic rings. The van der Waals surface area contributed by atoms with Crippen molar-refractivity contribution >= 4 is 17.9 Å². The van der Waals surface area contributed by atoms with E-state index in [2.05, 4.69) is 0 Å². The van der Waals surface area contributed by atoms with Crippen LogP contribution in [-0.4, -0.2) is 67.4 Å². The molecule has 9 nitrogen and oxygen atoms in total. The molecular weight excluding hydrogens is 300 g/mol. The van der Waals surface area contributed by atoms with Gasteiger partial charge in [-0.3, -0.25) is 14.4 Å². The summed E-state index contributed by atoms with van der Waals surface area (Å²) in [5.74, 6) is -1.84. The largest absolute Gasteiger partial charge is 0.463 e. The molecule has 1 rings (SSSR count). The van der Waals surface area contributed by atoms with Crippen LogP contribution in [0.15, 0.2) is 0 Å². The third-order valence-corrected chi connectivity index (χ3v) is 2.94. The molecule has 1 N–H and O–H groups in total. The van der Waals surface area contributed by atoms with Gasteiger partial charge >= 0.3 is 17.9 Å². The quantitative estimate of drug-likeness (QED) is 0.510. The zero-order valence-electron chi connectivity index (χ0n) is 12.8. The van der Waals surface area contributed by atoms with Crippen molar-refractivity contribution < 1.29 is 43.2 Å². The highest BCUT2D eigenvalue weighted by molar-refractivity contribution is 5.67. The summed E-state index contributed by atoms with van der Waals surface area (Å²) in [5.41, 5.74) is 0. The van der Waals surface area contributed by atoms with E-state index >= 15 is 0 Å². The number of hydrogen-bond donors (Lipinski definition) is 1. The molecule has 0 unspecified atom stereocenters. The summed E-state index contributed by atoms with van der Waals surface area (Å²) in [6, 6.07) is 0. The SMILES string of the molecule is CO[C@@H]1[C@@H](OC(C)=O)[C@H](O)O[C@H](COC(C)=O)[C@H]1OC(C)=O. The maximum absolute atomic E-state index is 11.3. The lowest BCUT2D eigenvalue weighted by molar-refractivity contribution is -0.297. The van der Waals surface area contributed by atoms with E-state index < -0.39 is 48.6 Å². The van der Waals surface area contributed by atoms with E-state index in [1.165, 1.54) is 21.0 Å². The van der Waals surface area contributed by atoms with Crippen LogP contribution in [0, 0.1) is 0 Å². The van der Waals surface area contributed by atoms with E-state index in [9.17, 15) is 19.5 Å². The van der Waals surface area contributed by atoms with Gasteiger partial charge in [0.2, 0.25) is 0 Å². The standard InChI is InChI=1S/C13H20O9/c1-6(14)19-5-9-10(20-7(2)15)11(18-4)12(13(17)22-9)21-8(3)16/h9-13,17H,5H2,1-4H3/t9-,10-,11+,12-,13-/m1/s1. The molecule has 126 valence electrons. The number of carbonyl (C=O) groups is 3. The van der Waals surface area contributed by atoms with E-state index in [4.69, 9.17) is 23.7 Å². The predicted molar refractivity (Wildman–Crippen MR) is 69.4 cm³/mol. The highest BCUT2D eigenvalue weighted by Gasteiger charge is 2.50. The van der Waals surface area contributed by atoms with Crippen LogP contribution in [0.1, 0.15) is 20.8 Å². The van der Waals surface area contributed by atoms with Crippen molar-refractivity contribution in [3.05, 3.63) is 0 Å². The molecule has 0 saturated carbocycles. The molecule has 9 heteroatoms. The summed E-state index contributed by atoms with van der Waals surface area (Å²) >= 11 is 0. The molecule has 0 aromatic heterocycles. The molecule has 1 heterocycles. The summed E-state index contributed by atoms with van der Waals surface area (Å²) in [6.45, 7) is 3.29. The number of rotatable bonds is 5. The molecule has 22 heavy (non-hydrogen) atoms. The van der Waals surface area contributed by atoms with Gasteiger partial charge in [0.25, 0.3) is 0 Å². The molecule has 0 spiro atoms. The Balaban J connectivity index is 2.96. The fraction of sp³-hybridized carbons (Fsp3) is 0.769. The number of aliphatic hydroxyl groups is 1. The van der Waals surface area contributed by atoms with E-state index in [-0.39, 0.29) is 6.61 Å². The first-order valence-corrected chi connectivity index (χ1v) is 6.60. The van der Waals surface area contributed by atoms with Gasteiger partial charge in [-0.15, -0.1) is 0 Å². The molecule has 0 aromatic carbocycles. The topological polar surface area (TPSA) is 118 Å². The van der Waals surface area contributed by atoms with Crippen molar-refractivity contribution in [2.75, 3.05) is 13.7 Å². The second-order valence-corrected chi connectivity index (χ2v) is 4.72. The molecule has 0 bridgehead atoms. The zero-order valence-corrected chi connectivity index (χ0v) is 12.8. The predicted octanol–water partition coefficient (Wildman–Crippen LogP) is -0.855. The first kappa shape index (κ1) is 18.3. The number of methoxy groups -OCH3 is 1. The van der Waals surface area contributed by atoms with Gasteiger partial charge < -0.3 is 28.8 Å².